The summed E-state index contributed by atoms with van der Waals surface area (Å²) < 4.78 is 0.566. The fraction of sp³-hybridized carbons (Fsp3) is 0.571. The third kappa shape index (κ3) is 4.58. The summed E-state index contributed by atoms with van der Waals surface area (Å²) in [7, 11) is 0. The summed E-state index contributed by atoms with van der Waals surface area (Å²) in [6.45, 7) is 10.4. The molecule has 4 nitrogen and oxygen atoms in total. The smallest absolute Gasteiger partial charge is 0.283 e. The van der Waals surface area contributed by atoms with Gasteiger partial charge in [0, 0.05) is 12.6 Å². The van der Waals surface area contributed by atoms with Crippen LogP contribution in [0.25, 0.3) is 0 Å². The average molecular weight is 329 g/mol. The number of nitro groups is 1. The molecule has 0 aliphatic carbocycles. The molecule has 1 N–H and O–H groups in total. The van der Waals surface area contributed by atoms with E-state index in [0.717, 1.165) is 12.1 Å². The Bertz CT molecular complexity index is 455. The zero-order valence-corrected chi connectivity index (χ0v) is 13.5. The molecule has 0 aliphatic rings. The van der Waals surface area contributed by atoms with E-state index in [4.69, 9.17) is 0 Å². The van der Waals surface area contributed by atoms with Crippen LogP contribution >= 0.6 is 15.9 Å². The number of benzene rings is 1. The molecule has 0 saturated heterocycles. The van der Waals surface area contributed by atoms with Crippen molar-refractivity contribution in [2.75, 3.05) is 6.54 Å². The molecule has 0 saturated carbocycles. The highest BCUT2D eigenvalue weighted by Crippen LogP contribution is 2.28. The van der Waals surface area contributed by atoms with Gasteiger partial charge in [-0.1, -0.05) is 39.8 Å². The van der Waals surface area contributed by atoms with Crippen LogP contribution in [0, 0.1) is 21.4 Å². The molecule has 0 spiro atoms. The van der Waals surface area contributed by atoms with Gasteiger partial charge < -0.3 is 5.32 Å². The normalized spacial score (nSPS) is 13.3. The van der Waals surface area contributed by atoms with Crippen LogP contribution < -0.4 is 5.32 Å². The van der Waals surface area contributed by atoms with Gasteiger partial charge >= 0.3 is 0 Å². The van der Waals surface area contributed by atoms with Crippen LogP contribution in [0.2, 0.25) is 0 Å². The highest BCUT2D eigenvalue weighted by atomic mass is 79.9. The number of rotatable bonds is 5. The summed E-state index contributed by atoms with van der Waals surface area (Å²) in [5.74, 6) is 0.532. The van der Waals surface area contributed by atoms with Gasteiger partial charge in [0.15, 0.2) is 0 Å². The standard InChI is InChI=1S/C14H21BrN2O2/c1-10(14(2,3)4)8-16-9-11-6-5-7-12(13(11)15)17(18)19/h5-7,10,16H,8-9H2,1-4H3. The molecule has 0 fully saturated rings. The zero-order valence-electron chi connectivity index (χ0n) is 11.9. The summed E-state index contributed by atoms with van der Waals surface area (Å²) in [6, 6.07) is 5.12. The molecule has 1 atom stereocenters. The summed E-state index contributed by atoms with van der Waals surface area (Å²) in [6.07, 6.45) is 0. The van der Waals surface area contributed by atoms with E-state index >= 15 is 0 Å². The molecule has 0 aliphatic heterocycles. The van der Waals surface area contributed by atoms with Crippen LogP contribution in [-0.4, -0.2) is 11.5 Å². The average Bonchev–Trinajstić information content (AvgIpc) is 2.29. The number of hydrogen-bond acceptors (Lipinski definition) is 3. The Hall–Kier alpha value is -0.940. The first-order chi connectivity index (χ1) is 8.73. The van der Waals surface area contributed by atoms with E-state index in [2.05, 4.69) is 48.9 Å². The van der Waals surface area contributed by atoms with E-state index in [-0.39, 0.29) is 16.0 Å². The summed E-state index contributed by atoms with van der Waals surface area (Å²) in [5.41, 5.74) is 1.28. The van der Waals surface area contributed by atoms with Gasteiger partial charge in [0.1, 0.15) is 0 Å². The van der Waals surface area contributed by atoms with Crippen molar-refractivity contribution in [2.45, 2.75) is 34.2 Å². The van der Waals surface area contributed by atoms with Crippen molar-refractivity contribution in [1.82, 2.24) is 5.32 Å². The number of nitrogens with zero attached hydrogens (tertiary/aromatic N) is 1. The minimum Gasteiger partial charge on any atom is -0.312 e. The van der Waals surface area contributed by atoms with Crippen molar-refractivity contribution in [2.24, 2.45) is 11.3 Å². The number of hydrogen-bond donors (Lipinski definition) is 1. The fourth-order valence-corrected chi connectivity index (χ4v) is 2.12. The maximum atomic E-state index is 10.8. The van der Waals surface area contributed by atoms with E-state index < -0.39 is 0 Å². The van der Waals surface area contributed by atoms with Gasteiger partial charge in [0.05, 0.1) is 9.40 Å². The third-order valence-electron chi connectivity index (χ3n) is 3.50. The summed E-state index contributed by atoms with van der Waals surface area (Å²) in [5, 5.41) is 14.2. The largest absolute Gasteiger partial charge is 0.312 e. The SMILES string of the molecule is CC(CNCc1cccc([N+](=O)[O-])c1Br)C(C)(C)C. The van der Waals surface area contributed by atoms with Crippen LogP contribution in [0.3, 0.4) is 0 Å². The van der Waals surface area contributed by atoms with Crippen LogP contribution in [0.15, 0.2) is 22.7 Å². The van der Waals surface area contributed by atoms with Crippen LogP contribution in [0.5, 0.6) is 0 Å². The topological polar surface area (TPSA) is 55.2 Å². The molecular formula is C14H21BrN2O2. The highest BCUT2D eigenvalue weighted by molar-refractivity contribution is 9.10. The molecule has 1 unspecified atom stereocenters. The van der Waals surface area contributed by atoms with Crippen LogP contribution in [0.1, 0.15) is 33.3 Å². The predicted octanol–water partition coefficient (Wildman–Crippen LogP) is 4.13. The molecule has 0 heterocycles. The molecule has 0 bridgehead atoms. The minimum absolute atomic E-state index is 0.114. The molecule has 5 heteroatoms. The van der Waals surface area contributed by atoms with Crippen molar-refractivity contribution in [3.05, 3.63) is 38.3 Å². The summed E-state index contributed by atoms with van der Waals surface area (Å²) >= 11 is 3.31. The molecule has 1 aromatic rings. The molecule has 0 aromatic heterocycles. The van der Waals surface area contributed by atoms with E-state index in [1.165, 1.54) is 6.07 Å². The molecule has 1 aromatic carbocycles. The Morgan fingerprint density at radius 1 is 1.42 bits per heavy atom. The first-order valence-corrected chi connectivity index (χ1v) is 7.15. The maximum absolute atomic E-state index is 10.8. The van der Waals surface area contributed by atoms with Gasteiger partial charge in [-0.2, -0.15) is 0 Å². The number of nitrogens with one attached hydrogen (secondary N) is 1. The lowest BCUT2D eigenvalue weighted by Crippen LogP contribution is -2.29. The lowest BCUT2D eigenvalue weighted by molar-refractivity contribution is -0.385. The lowest BCUT2D eigenvalue weighted by atomic mass is 9.82. The van der Waals surface area contributed by atoms with Crippen molar-refractivity contribution in [1.29, 1.82) is 0 Å². The summed E-state index contributed by atoms with van der Waals surface area (Å²) in [4.78, 5) is 10.5. The number of nitro benzene ring substituents is 1. The maximum Gasteiger partial charge on any atom is 0.283 e. The van der Waals surface area contributed by atoms with Crippen molar-refractivity contribution in [3.8, 4) is 0 Å². The Morgan fingerprint density at radius 3 is 2.58 bits per heavy atom. The first-order valence-electron chi connectivity index (χ1n) is 6.36. The number of halogens is 1. The third-order valence-corrected chi connectivity index (χ3v) is 4.41. The molecule has 1 rings (SSSR count). The highest BCUT2D eigenvalue weighted by Gasteiger charge is 2.20. The van der Waals surface area contributed by atoms with Crippen molar-refractivity contribution in [3.63, 3.8) is 0 Å². The molecule has 19 heavy (non-hydrogen) atoms. The molecule has 0 amide bonds. The van der Waals surface area contributed by atoms with Crippen molar-refractivity contribution < 1.29 is 4.92 Å². The van der Waals surface area contributed by atoms with Gasteiger partial charge in [0.25, 0.3) is 5.69 Å². The van der Waals surface area contributed by atoms with Gasteiger partial charge in [0.2, 0.25) is 0 Å². The van der Waals surface area contributed by atoms with Gasteiger partial charge in [-0.05, 0) is 39.4 Å². The Kier molecular flexibility index (Phi) is 5.50. The van der Waals surface area contributed by atoms with Gasteiger partial charge in [-0.3, -0.25) is 10.1 Å². The van der Waals surface area contributed by atoms with Crippen LogP contribution in [0.4, 0.5) is 5.69 Å². The Balaban J connectivity index is 2.64. The molecule has 106 valence electrons. The van der Waals surface area contributed by atoms with E-state index in [9.17, 15) is 10.1 Å². The van der Waals surface area contributed by atoms with Crippen molar-refractivity contribution >= 4 is 21.6 Å². The molecule has 0 radical (unpaired) electrons. The predicted molar refractivity (Wildman–Crippen MR) is 81.1 cm³/mol. The Morgan fingerprint density at radius 2 is 2.05 bits per heavy atom. The monoisotopic (exact) mass is 328 g/mol. The molecular weight excluding hydrogens is 308 g/mol. The second-order valence-electron chi connectivity index (χ2n) is 5.91. The minimum atomic E-state index is -0.370. The second-order valence-corrected chi connectivity index (χ2v) is 6.70. The lowest BCUT2D eigenvalue weighted by Gasteiger charge is -2.27. The first kappa shape index (κ1) is 16.1. The zero-order chi connectivity index (χ0) is 14.6. The van der Waals surface area contributed by atoms with Crippen LogP contribution in [-0.2, 0) is 6.54 Å². The van der Waals surface area contributed by atoms with Gasteiger partial charge in [-0.25, -0.2) is 0 Å². The fourth-order valence-electron chi connectivity index (χ4n) is 1.57. The van der Waals surface area contributed by atoms with Gasteiger partial charge in [-0.15, -0.1) is 0 Å². The van der Waals surface area contributed by atoms with E-state index in [1.807, 2.05) is 6.07 Å². The van der Waals surface area contributed by atoms with E-state index in [0.29, 0.717) is 16.9 Å². The quantitative estimate of drug-likeness (QED) is 0.653. The Labute approximate surface area is 122 Å². The van der Waals surface area contributed by atoms with E-state index in [1.54, 1.807) is 6.07 Å². The second kappa shape index (κ2) is 6.48.